The minimum Gasteiger partial charge on any atom is -0.481 e. The fourth-order valence-electron chi connectivity index (χ4n) is 11.4. The number of carboxylic acid groups (broad SMARTS) is 5. The third-order valence-electron chi connectivity index (χ3n) is 17.6. The van der Waals surface area contributed by atoms with Crippen molar-refractivity contribution in [3.05, 3.63) is 0 Å². The molecule has 652 valence electrons. The van der Waals surface area contributed by atoms with E-state index in [1.165, 1.54) is 13.8 Å². The fraction of sp³-hybridized carbons (Fsp3) is 0.682. The summed E-state index contributed by atoms with van der Waals surface area (Å²) in [5.74, 6) is -28.4. The van der Waals surface area contributed by atoms with Crippen LogP contribution in [0.5, 0.6) is 0 Å². The van der Waals surface area contributed by atoms with Crippen LogP contribution in [0.4, 0.5) is 0 Å². The van der Waals surface area contributed by atoms with Gasteiger partial charge in [-0.05, 0) is 70.1 Å². The molecule has 0 bridgehead atoms. The molecular formula is C66H105N17O33. The van der Waals surface area contributed by atoms with Crippen LogP contribution in [-0.4, -0.2) is 358 Å². The fourth-order valence-corrected chi connectivity index (χ4v) is 11.4. The van der Waals surface area contributed by atoms with Crippen LogP contribution in [0.3, 0.4) is 0 Å². The summed E-state index contributed by atoms with van der Waals surface area (Å²) in [6.07, 6.45) is -8.00. The summed E-state index contributed by atoms with van der Waals surface area (Å²) < 4.78 is 0. The molecule has 16 atom stereocenters. The van der Waals surface area contributed by atoms with Crippen LogP contribution in [0.15, 0.2) is 0 Å². The number of likely N-dealkylation sites (tertiary alicyclic amines) is 2. The van der Waals surface area contributed by atoms with Crippen molar-refractivity contribution in [1.29, 1.82) is 0 Å². The van der Waals surface area contributed by atoms with Crippen molar-refractivity contribution in [3.63, 3.8) is 0 Å². The van der Waals surface area contributed by atoms with Crippen molar-refractivity contribution in [3.8, 4) is 0 Å². The Balaban J connectivity index is 2.32. The number of hydrogen-bond acceptors (Lipinski definition) is 29. The largest absolute Gasteiger partial charge is 0.481 e. The van der Waals surface area contributed by atoms with E-state index >= 15 is 0 Å². The van der Waals surface area contributed by atoms with Gasteiger partial charge in [0.15, 0.2) is 0 Å². The smallest absolute Gasteiger partial charge is 0.322 e. The molecule has 50 nitrogen and oxygen atoms in total. The molecule has 2 aliphatic heterocycles. The zero-order valence-corrected chi connectivity index (χ0v) is 63.9. The van der Waals surface area contributed by atoms with Gasteiger partial charge in [-0.1, -0.05) is 27.7 Å². The summed E-state index contributed by atoms with van der Waals surface area (Å²) in [5, 5.41) is 148. The number of nitrogens with two attached hydrogens (primary N) is 1. The number of aliphatic hydroxyl groups excluding tert-OH is 7. The lowest BCUT2D eigenvalue weighted by atomic mass is 10.0. The molecule has 2 rings (SSSR count). The number of carboxylic acids is 5. The maximum Gasteiger partial charge on any atom is 0.322 e. The van der Waals surface area contributed by atoms with Crippen molar-refractivity contribution in [1.82, 2.24) is 84.2 Å². The van der Waals surface area contributed by atoms with E-state index in [1.54, 1.807) is 13.8 Å². The summed E-state index contributed by atoms with van der Waals surface area (Å²) in [6, 6.07) is -27.3. The second-order valence-corrected chi connectivity index (χ2v) is 27.6. The van der Waals surface area contributed by atoms with Gasteiger partial charge in [0.1, 0.15) is 97.2 Å². The third-order valence-corrected chi connectivity index (χ3v) is 17.6. The van der Waals surface area contributed by atoms with Crippen LogP contribution < -0.4 is 80.2 Å². The Labute approximate surface area is 660 Å². The van der Waals surface area contributed by atoms with Crippen LogP contribution in [0.25, 0.3) is 0 Å². The molecule has 2 heterocycles. The number of nitrogens with zero attached hydrogens (tertiary/aromatic N) is 2. The molecule has 116 heavy (non-hydrogen) atoms. The maximum atomic E-state index is 14.2. The zero-order chi connectivity index (χ0) is 88.1. The van der Waals surface area contributed by atoms with Crippen LogP contribution in [0.1, 0.15) is 112 Å². The van der Waals surface area contributed by atoms with Crippen molar-refractivity contribution < 1.29 is 162 Å². The standard InChI is InChI=1S/C66H105N17O33/c1-28(2)18-35(54(104)69-21-49(100)101)70-44(91)20-68-53(103)32(10-13-45(92)93)71-58(108)37(23-85)76-62(112)43-9-7-17-83(43)65(115)40(26-88)78-56(106)33(11-14-46(94)95)72-55(105)34(12-15-47(96)97)73-61(111)42-8-6-16-82(42)66(116)41(27-89)79-63(113)50(29(3)4)80-57(107)36(19-48(98)99)74-59(109)38(24-86)77-64(114)51(30(5)90)81-60(110)39(25-87)75-52(102)31(67)22-84/h28-43,50-51,84-90H,6-27,67H2,1-5H3,(H,68,103)(H,69,104)(H,70,91)(H,71,108)(H,72,105)(H,73,111)(H,74,109)(H,75,102)(H,76,112)(H,77,114)(H,78,106)(H,79,113)(H,80,107)(H,81,110)(H,92,93)(H,94,95)(H,96,97)(H,98,99)(H,100,101)/t30-,31+,32+,33+,34+,35+,36+,37+,38+,39+,40+,41+,42+,43+,50+,51+/m1/s1. The molecule has 0 unspecified atom stereocenters. The molecule has 2 fully saturated rings. The number of nitrogens with one attached hydrogen (secondary N) is 14. The molecule has 0 aliphatic carbocycles. The molecule has 28 N–H and O–H groups in total. The highest BCUT2D eigenvalue weighted by Crippen LogP contribution is 2.22. The van der Waals surface area contributed by atoms with Gasteiger partial charge >= 0.3 is 29.8 Å². The summed E-state index contributed by atoms with van der Waals surface area (Å²) in [4.78, 5) is 277. The Kier molecular flexibility index (Phi) is 43.4. The molecule has 50 heteroatoms. The summed E-state index contributed by atoms with van der Waals surface area (Å²) in [7, 11) is 0. The van der Waals surface area contributed by atoms with Crippen molar-refractivity contribution in [2.45, 2.75) is 208 Å². The summed E-state index contributed by atoms with van der Waals surface area (Å²) in [6.45, 7) is -2.03. The van der Waals surface area contributed by atoms with Crippen LogP contribution >= 0.6 is 0 Å². The first kappa shape index (κ1) is 101. The Morgan fingerprint density at radius 1 is 0.353 bits per heavy atom. The molecule has 2 saturated heterocycles. The monoisotopic (exact) mass is 1660 g/mol. The quantitative estimate of drug-likeness (QED) is 0.0269. The second-order valence-electron chi connectivity index (χ2n) is 27.6. The summed E-state index contributed by atoms with van der Waals surface area (Å²) in [5.41, 5.74) is 5.41. The summed E-state index contributed by atoms with van der Waals surface area (Å²) >= 11 is 0. The van der Waals surface area contributed by atoms with E-state index in [4.69, 9.17) is 15.9 Å². The molecule has 0 aromatic heterocycles. The number of carbonyl (C=O) groups is 21. The van der Waals surface area contributed by atoms with Gasteiger partial charge in [-0.15, -0.1) is 0 Å². The van der Waals surface area contributed by atoms with E-state index in [0.717, 1.165) is 16.7 Å². The molecule has 2 aliphatic rings. The van der Waals surface area contributed by atoms with Gasteiger partial charge in [0.25, 0.3) is 0 Å². The molecule has 0 aromatic rings. The lowest BCUT2D eigenvalue weighted by Crippen LogP contribution is -2.63. The maximum absolute atomic E-state index is 14.2. The predicted octanol–water partition coefficient (Wildman–Crippen LogP) is -14.5. The van der Waals surface area contributed by atoms with E-state index in [-0.39, 0.29) is 51.1 Å². The molecule has 16 amide bonds. The van der Waals surface area contributed by atoms with E-state index in [2.05, 4.69) is 53.2 Å². The average molecular weight is 1660 g/mol. The number of hydrogen-bond donors (Lipinski definition) is 27. The molecule has 0 aromatic carbocycles. The van der Waals surface area contributed by atoms with Crippen molar-refractivity contribution in [2.75, 3.05) is 65.8 Å². The highest BCUT2D eigenvalue weighted by atomic mass is 16.4. The molecule has 0 radical (unpaired) electrons. The number of aliphatic carboxylic acids is 5. The van der Waals surface area contributed by atoms with Gasteiger partial charge in [-0.2, -0.15) is 0 Å². The highest BCUT2D eigenvalue weighted by Gasteiger charge is 2.44. The highest BCUT2D eigenvalue weighted by molar-refractivity contribution is 6.02. The molecular weight excluding hydrogens is 1560 g/mol. The number of amides is 16. The predicted molar refractivity (Wildman–Crippen MR) is 386 cm³/mol. The van der Waals surface area contributed by atoms with Gasteiger partial charge in [0.2, 0.25) is 94.5 Å². The van der Waals surface area contributed by atoms with Gasteiger partial charge in [0.05, 0.1) is 58.7 Å². The molecule has 0 saturated carbocycles. The lowest BCUT2D eigenvalue weighted by molar-refractivity contribution is -0.144. The first-order valence-corrected chi connectivity index (χ1v) is 36.4. The lowest BCUT2D eigenvalue weighted by Gasteiger charge is -2.31. The Hall–Kier alpha value is -11.4. The first-order valence-electron chi connectivity index (χ1n) is 36.4. The van der Waals surface area contributed by atoms with Crippen molar-refractivity contribution in [2.24, 2.45) is 17.6 Å². The van der Waals surface area contributed by atoms with Gasteiger partial charge < -0.3 is 151 Å². The SMILES string of the molecule is CC(C)C[C@H](NC(=O)CNC(=O)[C@H](CCC(=O)O)NC(=O)[C@H](CO)NC(=O)[C@@H]1CCCN1C(=O)[C@H](CO)NC(=O)[C@H](CCC(=O)O)NC(=O)[C@H](CCC(=O)O)NC(=O)[C@@H]1CCCN1C(=O)[C@H](CO)NC(=O)[C@@H](NC(=O)[C@H](CC(=O)O)NC(=O)[C@H](CO)NC(=O)[C@@H](NC(=O)[C@H](CO)NC(=O)[C@@H](N)CO)[C@@H](C)O)C(C)C)C(=O)NCC(=O)O. The minimum absolute atomic E-state index is 0.0281. The number of carbonyl (C=O) groups excluding carboxylic acids is 16. The minimum atomic E-state index is -2.14. The third kappa shape index (κ3) is 33.5. The Morgan fingerprint density at radius 2 is 0.690 bits per heavy atom. The van der Waals surface area contributed by atoms with Crippen LogP contribution in [0, 0.1) is 11.8 Å². The van der Waals surface area contributed by atoms with E-state index in [1.807, 2.05) is 21.3 Å². The van der Waals surface area contributed by atoms with E-state index in [9.17, 15) is 152 Å². The van der Waals surface area contributed by atoms with E-state index in [0.29, 0.717) is 0 Å². The first-order chi connectivity index (χ1) is 54.4. The van der Waals surface area contributed by atoms with Crippen LogP contribution in [0.2, 0.25) is 0 Å². The van der Waals surface area contributed by atoms with E-state index < -0.39 is 325 Å². The van der Waals surface area contributed by atoms with Crippen molar-refractivity contribution >= 4 is 124 Å². The Bertz CT molecular complexity index is 3530. The number of rotatable bonds is 52. The van der Waals surface area contributed by atoms with Gasteiger partial charge in [-0.3, -0.25) is 101 Å². The average Bonchev–Trinajstić information content (AvgIpc) is 1.65. The van der Waals surface area contributed by atoms with Gasteiger partial charge in [-0.25, -0.2) is 0 Å². The Morgan fingerprint density at radius 3 is 1.09 bits per heavy atom. The topological polar surface area (TPSA) is 802 Å². The normalized spacial score (nSPS) is 17.4. The molecule has 0 spiro atoms. The van der Waals surface area contributed by atoms with Gasteiger partial charge in [0, 0.05) is 32.4 Å². The number of aliphatic hydroxyl groups is 7. The van der Waals surface area contributed by atoms with Crippen LogP contribution in [-0.2, 0) is 101 Å². The zero-order valence-electron chi connectivity index (χ0n) is 63.9. The second kappa shape index (κ2) is 50.0.